The second kappa shape index (κ2) is 7.26. The van der Waals surface area contributed by atoms with Gasteiger partial charge in [0, 0.05) is 12.6 Å². The number of aliphatic carboxylic acids is 1. The predicted octanol–water partition coefficient (Wildman–Crippen LogP) is 1.36. The normalized spacial score (nSPS) is 10.2. The Morgan fingerprint density at radius 1 is 1.23 bits per heavy atom. The Bertz CT molecular complexity index is 649. The molecular formula is C15H17N3O4. The van der Waals surface area contributed by atoms with Gasteiger partial charge in [-0.2, -0.15) is 5.10 Å². The van der Waals surface area contributed by atoms with Crippen LogP contribution in [-0.2, 0) is 16.1 Å². The highest BCUT2D eigenvalue weighted by Gasteiger charge is 2.07. The fourth-order valence-corrected chi connectivity index (χ4v) is 1.83. The molecule has 0 atom stereocenters. The number of carboxylic acid groups (broad SMARTS) is 1. The summed E-state index contributed by atoms with van der Waals surface area (Å²) in [5, 5.41) is 15.5. The van der Waals surface area contributed by atoms with Crippen LogP contribution in [0.3, 0.4) is 0 Å². The van der Waals surface area contributed by atoms with Crippen molar-refractivity contribution in [2.45, 2.75) is 19.4 Å². The molecule has 0 aliphatic rings. The van der Waals surface area contributed by atoms with Crippen molar-refractivity contribution >= 4 is 11.9 Å². The van der Waals surface area contributed by atoms with Gasteiger partial charge < -0.3 is 15.2 Å². The number of benzene rings is 1. The van der Waals surface area contributed by atoms with Gasteiger partial charge in [0.15, 0.2) is 0 Å². The number of nitrogens with zero attached hydrogens (tertiary/aromatic N) is 2. The maximum absolute atomic E-state index is 11.4. The average molecular weight is 303 g/mol. The zero-order chi connectivity index (χ0) is 15.9. The lowest BCUT2D eigenvalue weighted by Gasteiger charge is -2.04. The van der Waals surface area contributed by atoms with Crippen LogP contribution in [0.2, 0.25) is 0 Å². The number of amides is 1. The molecule has 7 nitrogen and oxygen atoms in total. The van der Waals surface area contributed by atoms with Crippen molar-refractivity contribution in [3.05, 3.63) is 42.2 Å². The van der Waals surface area contributed by atoms with Crippen molar-refractivity contribution in [1.29, 1.82) is 0 Å². The van der Waals surface area contributed by atoms with Crippen molar-refractivity contribution in [2.24, 2.45) is 0 Å². The van der Waals surface area contributed by atoms with Crippen LogP contribution in [-0.4, -0.2) is 33.9 Å². The van der Waals surface area contributed by atoms with Crippen LogP contribution in [0.4, 0.5) is 0 Å². The van der Waals surface area contributed by atoms with Gasteiger partial charge in [-0.05, 0) is 30.3 Å². The van der Waals surface area contributed by atoms with Gasteiger partial charge in [0.25, 0.3) is 0 Å². The highest BCUT2D eigenvalue weighted by atomic mass is 16.5. The van der Waals surface area contributed by atoms with Crippen LogP contribution in [0.25, 0.3) is 5.69 Å². The fraction of sp³-hybridized carbons (Fsp3) is 0.267. The molecule has 0 saturated heterocycles. The first-order valence-corrected chi connectivity index (χ1v) is 6.76. The Morgan fingerprint density at radius 3 is 2.59 bits per heavy atom. The first-order valence-electron chi connectivity index (χ1n) is 6.76. The number of aromatic nitrogens is 2. The molecule has 2 aromatic rings. The summed E-state index contributed by atoms with van der Waals surface area (Å²) in [6.07, 6.45) is 1.58. The number of carboxylic acids is 1. The molecule has 0 radical (unpaired) electrons. The largest absolute Gasteiger partial charge is 0.497 e. The van der Waals surface area contributed by atoms with E-state index in [0.717, 1.165) is 11.4 Å². The molecule has 0 unspecified atom stereocenters. The van der Waals surface area contributed by atoms with Crippen LogP contribution in [0.15, 0.2) is 36.5 Å². The quantitative estimate of drug-likeness (QED) is 0.805. The van der Waals surface area contributed by atoms with E-state index in [2.05, 4.69) is 10.4 Å². The molecule has 1 heterocycles. The van der Waals surface area contributed by atoms with E-state index in [9.17, 15) is 9.59 Å². The number of rotatable bonds is 7. The smallest absolute Gasteiger partial charge is 0.303 e. The second-order valence-corrected chi connectivity index (χ2v) is 4.62. The van der Waals surface area contributed by atoms with Gasteiger partial charge in [-0.1, -0.05) is 0 Å². The van der Waals surface area contributed by atoms with Crippen molar-refractivity contribution in [2.75, 3.05) is 7.11 Å². The van der Waals surface area contributed by atoms with Crippen LogP contribution in [0, 0.1) is 0 Å². The Balaban J connectivity index is 1.90. The van der Waals surface area contributed by atoms with Crippen LogP contribution >= 0.6 is 0 Å². The van der Waals surface area contributed by atoms with Gasteiger partial charge in [0.1, 0.15) is 5.75 Å². The highest BCUT2D eigenvalue weighted by molar-refractivity contribution is 5.80. The van der Waals surface area contributed by atoms with E-state index in [4.69, 9.17) is 9.84 Å². The Kier molecular flexibility index (Phi) is 5.13. The lowest BCUT2D eigenvalue weighted by atomic mass is 10.3. The van der Waals surface area contributed by atoms with Gasteiger partial charge in [-0.3, -0.25) is 9.59 Å². The predicted molar refractivity (Wildman–Crippen MR) is 78.8 cm³/mol. The van der Waals surface area contributed by atoms with Crippen LogP contribution in [0.1, 0.15) is 18.5 Å². The molecule has 2 rings (SSSR count). The van der Waals surface area contributed by atoms with E-state index in [1.807, 2.05) is 24.3 Å². The molecule has 116 valence electrons. The molecule has 2 N–H and O–H groups in total. The molecule has 1 aromatic carbocycles. The maximum atomic E-state index is 11.4. The SMILES string of the molecule is COc1ccc(-n2ccc(CNC(=O)CCC(=O)O)n2)cc1. The standard InChI is InChI=1S/C15H17N3O4/c1-22-13-4-2-12(3-5-13)18-9-8-11(17-18)10-16-14(19)6-7-15(20)21/h2-5,8-9H,6-7,10H2,1H3,(H,16,19)(H,20,21). The number of hydrogen-bond donors (Lipinski definition) is 2. The molecule has 0 fully saturated rings. The van der Waals surface area contributed by atoms with E-state index in [-0.39, 0.29) is 25.3 Å². The third-order valence-electron chi connectivity index (χ3n) is 3.01. The summed E-state index contributed by atoms with van der Waals surface area (Å²) in [6, 6.07) is 9.22. The molecule has 1 aromatic heterocycles. The number of carbonyl (C=O) groups excluding carboxylic acids is 1. The van der Waals surface area contributed by atoms with Crippen molar-refractivity contribution < 1.29 is 19.4 Å². The first-order chi connectivity index (χ1) is 10.6. The topological polar surface area (TPSA) is 93.5 Å². The van der Waals surface area contributed by atoms with Gasteiger partial charge in [0.2, 0.25) is 5.91 Å². The van der Waals surface area contributed by atoms with E-state index in [0.29, 0.717) is 5.69 Å². The number of hydrogen-bond acceptors (Lipinski definition) is 4. The number of carbonyl (C=O) groups is 2. The zero-order valence-corrected chi connectivity index (χ0v) is 12.2. The van der Waals surface area contributed by atoms with Crippen molar-refractivity contribution in [3.63, 3.8) is 0 Å². The third kappa shape index (κ3) is 4.34. The lowest BCUT2D eigenvalue weighted by Crippen LogP contribution is -2.23. The summed E-state index contributed by atoms with van der Waals surface area (Å²) >= 11 is 0. The summed E-state index contributed by atoms with van der Waals surface area (Å²) in [5.74, 6) is -0.526. The van der Waals surface area contributed by atoms with Crippen LogP contribution in [0.5, 0.6) is 5.75 Å². The molecule has 1 amide bonds. The second-order valence-electron chi connectivity index (χ2n) is 4.62. The molecule has 0 aliphatic carbocycles. The summed E-state index contributed by atoms with van der Waals surface area (Å²) in [4.78, 5) is 21.8. The molecule has 0 aliphatic heterocycles. The molecule has 7 heteroatoms. The minimum absolute atomic E-state index is 0.0332. The van der Waals surface area contributed by atoms with E-state index in [1.54, 1.807) is 24.1 Å². The monoisotopic (exact) mass is 303 g/mol. The molecule has 0 spiro atoms. The van der Waals surface area contributed by atoms with Gasteiger partial charge in [-0.15, -0.1) is 0 Å². The first kappa shape index (κ1) is 15.6. The summed E-state index contributed by atoms with van der Waals surface area (Å²) < 4.78 is 6.79. The number of nitrogens with one attached hydrogen (secondary N) is 1. The Hall–Kier alpha value is -2.83. The van der Waals surface area contributed by atoms with Gasteiger partial charge >= 0.3 is 5.97 Å². The maximum Gasteiger partial charge on any atom is 0.303 e. The van der Waals surface area contributed by atoms with Gasteiger partial charge in [0.05, 0.1) is 31.5 Å². The molecule has 0 saturated carbocycles. The summed E-state index contributed by atoms with van der Waals surface area (Å²) in [7, 11) is 1.61. The fourth-order valence-electron chi connectivity index (χ4n) is 1.83. The highest BCUT2D eigenvalue weighted by Crippen LogP contribution is 2.14. The number of ether oxygens (including phenoxy) is 1. The molecular weight excluding hydrogens is 286 g/mol. The van der Waals surface area contributed by atoms with E-state index < -0.39 is 5.97 Å². The van der Waals surface area contributed by atoms with Crippen molar-refractivity contribution in [1.82, 2.24) is 15.1 Å². The molecule has 0 bridgehead atoms. The van der Waals surface area contributed by atoms with Gasteiger partial charge in [-0.25, -0.2) is 4.68 Å². The minimum Gasteiger partial charge on any atom is -0.497 e. The van der Waals surface area contributed by atoms with Crippen molar-refractivity contribution in [3.8, 4) is 11.4 Å². The summed E-state index contributed by atoms with van der Waals surface area (Å²) in [6.45, 7) is 0.265. The van der Waals surface area contributed by atoms with E-state index >= 15 is 0 Å². The van der Waals surface area contributed by atoms with E-state index in [1.165, 1.54) is 0 Å². The number of methoxy groups -OCH3 is 1. The minimum atomic E-state index is -0.987. The zero-order valence-electron chi connectivity index (χ0n) is 12.2. The Morgan fingerprint density at radius 2 is 1.95 bits per heavy atom. The molecule has 22 heavy (non-hydrogen) atoms. The van der Waals surface area contributed by atoms with Crippen LogP contribution < -0.4 is 10.1 Å². The lowest BCUT2D eigenvalue weighted by molar-refractivity contribution is -0.138. The summed E-state index contributed by atoms with van der Waals surface area (Å²) in [5.41, 5.74) is 1.57. The average Bonchev–Trinajstić information content (AvgIpc) is 3.00. The Labute approximate surface area is 127 Å². The third-order valence-corrected chi connectivity index (χ3v) is 3.01.